The van der Waals surface area contributed by atoms with Crippen LogP contribution in [0.1, 0.15) is 35.6 Å². The topological polar surface area (TPSA) is 45.2 Å². The van der Waals surface area contributed by atoms with Crippen LogP contribution < -0.4 is 5.32 Å². The molecule has 4 heteroatoms. The molecule has 1 aromatic carbocycles. The summed E-state index contributed by atoms with van der Waals surface area (Å²) in [5.74, 6) is 0.573. The minimum absolute atomic E-state index is 0.0502. The number of nitrogens with one attached hydrogen (secondary N) is 1. The largest absolute Gasteiger partial charge is 0.338 e. The molecule has 2 amide bonds. The third kappa shape index (κ3) is 4.13. The highest BCUT2D eigenvalue weighted by Crippen LogP contribution is 2.29. The monoisotopic (exact) mass is 323 g/mol. The Kier molecular flexibility index (Phi) is 5.47. The van der Waals surface area contributed by atoms with Crippen molar-refractivity contribution >= 4 is 6.03 Å². The van der Waals surface area contributed by atoms with Gasteiger partial charge in [0.15, 0.2) is 0 Å². The van der Waals surface area contributed by atoms with Crippen molar-refractivity contribution in [2.75, 3.05) is 19.6 Å². The Labute approximate surface area is 143 Å². The fourth-order valence-corrected chi connectivity index (χ4v) is 3.39. The lowest BCUT2D eigenvalue weighted by Crippen LogP contribution is -2.44. The van der Waals surface area contributed by atoms with Crippen LogP contribution in [0.25, 0.3) is 0 Å². The molecule has 0 bridgehead atoms. The van der Waals surface area contributed by atoms with Crippen molar-refractivity contribution in [1.82, 2.24) is 15.2 Å². The van der Waals surface area contributed by atoms with Crippen LogP contribution in [-0.4, -0.2) is 35.5 Å². The van der Waals surface area contributed by atoms with E-state index in [4.69, 9.17) is 0 Å². The SMILES string of the molecule is Cc1ccccc1C1CCN(C(=O)NCCc2ccccn2)CC1. The van der Waals surface area contributed by atoms with Crippen molar-refractivity contribution in [3.63, 3.8) is 0 Å². The van der Waals surface area contributed by atoms with Gasteiger partial charge in [-0.2, -0.15) is 0 Å². The first-order chi connectivity index (χ1) is 11.7. The number of carbonyl (C=O) groups is 1. The Hall–Kier alpha value is -2.36. The predicted molar refractivity (Wildman–Crippen MR) is 96.1 cm³/mol. The zero-order chi connectivity index (χ0) is 16.8. The minimum Gasteiger partial charge on any atom is -0.338 e. The molecule has 0 spiro atoms. The molecular formula is C20H25N3O. The molecule has 2 heterocycles. The molecule has 24 heavy (non-hydrogen) atoms. The van der Waals surface area contributed by atoms with Crippen LogP contribution in [0.2, 0.25) is 0 Å². The van der Waals surface area contributed by atoms with Crippen LogP contribution in [-0.2, 0) is 6.42 Å². The van der Waals surface area contributed by atoms with Crippen molar-refractivity contribution in [3.05, 3.63) is 65.5 Å². The van der Waals surface area contributed by atoms with Gasteiger partial charge in [0, 0.05) is 37.9 Å². The molecule has 126 valence electrons. The zero-order valence-corrected chi connectivity index (χ0v) is 14.2. The van der Waals surface area contributed by atoms with E-state index in [-0.39, 0.29) is 6.03 Å². The molecule has 2 aromatic rings. The van der Waals surface area contributed by atoms with Crippen LogP contribution >= 0.6 is 0 Å². The number of carbonyl (C=O) groups excluding carboxylic acids is 1. The zero-order valence-electron chi connectivity index (χ0n) is 14.2. The molecule has 1 N–H and O–H groups in total. The van der Waals surface area contributed by atoms with Gasteiger partial charge in [-0.15, -0.1) is 0 Å². The summed E-state index contributed by atoms with van der Waals surface area (Å²) in [5.41, 5.74) is 3.81. The molecule has 1 aliphatic rings. The summed E-state index contributed by atoms with van der Waals surface area (Å²) < 4.78 is 0. The van der Waals surface area contributed by atoms with Gasteiger partial charge in [0.05, 0.1) is 0 Å². The standard InChI is InChI=1S/C20H25N3O/c1-16-6-2-3-8-19(16)17-10-14-23(15-11-17)20(24)22-13-9-18-7-4-5-12-21-18/h2-8,12,17H,9-11,13-15H2,1H3,(H,22,24). The molecule has 1 saturated heterocycles. The lowest BCUT2D eigenvalue weighted by Gasteiger charge is -2.32. The number of urea groups is 1. The highest BCUT2D eigenvalue weighted by atomic mass is 16.2. The van der Waals surface area contributed by atoms with E-state index < -0.39 is 0 Å². The predicted octanol–water partition coefficient (Wildman–Crippen LogP) is 3.52. The second kappa shape index (κ2) is 7.95. The van der Waals surface area contributed by atoms with E-state index in [1.807, 2.05) is 23.1 Å². The van der Waals surface area contributed by atoms with E-state index in [2.05, 4.69) is 41.5 Å². The average Bonchev–Trinajstić information content (AvgIpc) is 2.63. The fourth-order valence-electron chi connectivity index (χ4n) is 3.39. The Morgan fingerprint density at radius 3 is 2.62 bits per heavy atom. The lowest BCUT2D eigenvalue weighted by molar-refractivity contribution is 0.181. The minimum atomic E-state index is 0.0502. The maximum atomic E-state index is 12.3. The number of nitrogens with zero attached hydrogens (tertiary/aromatic N) is 2. The summed E-state index contributed by atoms with van der Waals surface area (Å²) in [7, 11) is 0. The number of pyridine rings is 1. The highest BCUT2D eigenvalue weighted by molar-refractivity contribution is 5.74. The molecule has 0 saturated carbocycles. The van der Waals surface area contributed by atoms with E-state index in [9.17, 15) is 4.79 Å². The molecule has 3 rings (SSSR count). The van der Waals surface area contributed by atoms with Crippen molar-refractivity contribution in [2.45, 2.75) is 32.1 Å². The summed E-state index contributed by atoms with van der Waals surface area (Å²) in [4.78, 5) is 18.5. The summed E-state index contributed by atoms with van der Waals surface area (Å²) >= 11 is 0. The second-order valence-corrected chi connectivity index (χ2v) is 6.42. The van der Waals surface area contributed by atoms with Gasteiger partial charge < -0.3 is 10.2 Å². The Morgan fingerprint density at radius 2 is 1.92 bits per heavy atom. The second-order valence-electron chi connectivity index (χ2n) is 6.42. The molecule has 1 fully saturated rings. The Balaban J connectivity index is 1.44. The number of aromatic nitrogens is 1. The fraction of sp³-hybridized carbons (Fsp3) is 0.400. The van der Waals surface area contributed by atoms with E-state index >= 15 is 0 Å². The summed E-state index contributed by atoms with van der Waals surface area (Å²) in [6.07, 6.45) is 4.64. The van der Waals surface area contributed by atoms with Gasteiger partial charge in [-0.1, -0.05) is 30.3 Å². The van der Waals surface area contributed by atoms with Crippen LogP contribution in [0.3, 0.4) is 0 Å². The van der Waals surface area contributed by atoms with Crippen molar-refractivity contribution in [2.24, 2.45) is 0 Å². The van der Waals surface area contributed by atoms with E-state index in [1.165, 1.54) is 11.1 Å². The number of benzene rings is 1. The number of rotatable bonds is 4. The van der Waals surface area contributed by atoms with E-state index in [0.717, 1.165) is 38.0 Å². The average molecular weight is 323 g/mol. The van der Waals surface area contributed by atoms with Crippen LogP contribution in [0, 0.1) is 6.92 Å². The smallest absolute Gasteiger partial charge is 0.317 e. The van der Waals surface area contributed by atoms with Crippen LogP contribution in [0.4, 0.5) is 4.79 Å². The van der Waals surface area contributed by atoms with Crippen molar-refractivity contribution in [1.29, 1.82) is 0 Å². The van der Waals surface area contributed by atoms with Gasteiger partial charge in [0.1, 0.15) is 0 Å². The number of amides is 2. The number of piperidine rings is 1. The van der Waals surface area contributed by atoms with Gasteiger partial charge in [-0.25, -0.2) is 4.79 Å². The molecule has 0 radical (unpaired) electrons. The lowest BCUT2D eigenvalue weighted by atomic mass is 9.87. The number of hydrogen-bond acceptors (Lipinski definition) is 2. The Morgan fingerprint density at radius 1 is 1.17 bits per heavy atom. The molecule has 1 aliphatic heterocycles. The molecular weight excluding hydrogens is 298 g/mol. The molecule has 0 unspecified atom stereocenters. The quantitative estimate of drug-likeness (QED) is 0.935. The van der Waals surface area contributed by atoms with Gasteiger partial charge in [-0.3, -0.25) is 4.98 Å². The first-order valence-corrected chi connectivity index (χ1v) is 8.72. The first-order valence-electron chi connectivity index (χ1n) is 8.72. The number of likely N-dealkylation sites (tertiary alicyclic amines) is 1. The molecule has 4 nitrogen and oxygen atoms in total. The Bertz CT molecular complexity index is 664. The highest BCUT2D eigenvalue weighted by Gasteiger charge is 2.24. The van der Waals surface area contributed by atoms with Gasteiger partial charge in [0.25, 0.3) is 0 Å². The maximum Gasteiger partial charge on any atom is 0.317 e. The summed E-state index contributed by atoms with van der Waals surface area (Å²) in [5, 5.41) is 3.01. The third-order valence-corrected chi connectivity index (χ3v) is 4.79. The summed E-state index contributed by atoms with van der Waals surface area (Å²) in [6.45, 7) is 4.46. The van der Waals surface area contributed by atoms with Crippen molar-refractivity contribution in [3.8, 4) is 0 Å². The third-order valence-electron chi connectivity index (χ3n) is 4.79. The van der Waals surface area contributed by atoms with E-state index in [0.29, 0.717) is 12.5 Å². The molecule has 1 aromatic heterocycles. The van der Waals surface area contributed by atoms with E-state index in [1.54, 1.807) is 6.20 Å². The van der Waals surface area contributed by atoms with Gasteiger partial charge >= 0.3 is 6.03 Å². The number of hydrogen-bond donors (Lipinski definition) is 1. The van der Waals surface area contributed by atoms with Crippen LogP contribution in [0.5, 0.6) is 0 Å². The number of aryl methyl sites for hydroxylation is 1. The van der Waals surface area contributed by atoms with Crippen LogP contribution in [0.15, 0.2) is 48.7 Å². The summed E-state index contributed by atoms with van der Waals surface area (Å²) in [6, 6.07) is 14.5. The molecule has 0 aliphatic carbocycles. The molecule has 0 atom stereocenters. The van der Waals surface area contributed by atoms with Gasteiger partial charge in [0.2, 0.25) is 0 Å². The van der Waals surface area contributed by atoms with Crippen molar-refractivity contribution < 1.29 is 4.79 Å². The normalized spacial score (nSPS) is 15.3. The maximum absolute atomic E-state index is 12.3. The van der Waals surface area contributed by atoms with Gasteiger partial charge in [-0.05, 0) is 48.9 Å². The first kappa shape index (κ1) is 16.5.